The van der Waals surface area contributed by atoms with Crippen molar-refractivity contribution in [2.45, 2.75) is 13.0 Å². The van der Waals surface area contributed by atoms with Crippen molar-refractivity contribution in [2.75, 3.05) is 0 Å². The van der Waals surface area contributed by atoms with Crippen LogP contribution < -0.4 is 10.5 Å². The second-order valence-electron chi connectivity index (χ2n) is 4.07. The lowest BCUT2D eigenvalue weighted by molar-refractivity contribution is 0.440. The summed E-state index contributed by atoms with van der Waals surface area (Å²) in [5.74, 6) is -0.127. The highest BCUT2D eigenvalue weighted by Crippen LogP contribution is 2.25. The zero-order valence-corrected chi connectivity index (χ0v) is 10.3. The van der Waals surface area contributed by atoms with Gasteiger partial charge in [0.1, 0.15) is 5.75 Å². The molecule has 1 unspecified atom stereocenters. The predicted molar refractivity (Wildman–Crippen MR) is 68.0 cm³/mol. The van der Waals surface area contributed by atoms with Crippen LogP contribution in [-0.2, 0) is 0 Å². The fraction of sp³-hybridized carbons (Fsp3) is 0.143. The van der Waals surface area contributed by atoms with E-state index in [1.807, 2.05) is 13.0 Å². The van der Waals surface area contributed by atoms with Crippen LogP contribution in [0.2, 0.25) is 0 Å². The second-order valence-corrected chi connectivity index (χ2v) is 4.07. The minimum absolute atomic E-state index is 0.0503. The zero-order valence-electron chi connectivity index (χ0n) is 10.3. The molecule has 0 aliphatic carbocycles. The van der Waals surface area contributed by atoms with Crippen molar-refractivity contribution < 1.29 is 9.13 Å². The molecule has 4 nitrogen and oxygen atoms in total. The molecule has 1 atom stereocenters. The fourth-order valence-electron chi connectivity index (χ4n) is 1.50. The van der Waals surface area contributed by atoms with E-state index in [1.165, 1.54) is 18.3 Å². The van der Waals surface area contributed by atoms with Gasteiger partial charge in [-0.25, -0.2) is 4.39 Å². The van der Waals surface area contributed by atoms with Crippen molar-refractivity contribution >= 4 is 0 Å². The molecule has 0 aliphatic heterocycles. The first kappa shape index (κ1) is 13.0. The molecule has 1 heterocycles. The van der Waals surface area contributed by atoms with Gasteiger partial charge in [0.15, 0.2) is 11.6 Å². The maximum atomic E-state index is 13.6. The topological polar surface area (TPSA) is 71.9 Å². The summed E-state index contributed by atoms with van der Waals surface area (Å²) in [7, 11) is 0. The largest absolute Gasteiger partial charge is 0.453 e. The lowest BCUT2D eigenvalue weighted by atomic mass is 10.2. The molecule has 0 saturated heterocycles. The average Bonchev–Trinajstić information content (AvgIpc) is 2.41. The van der Waals surface area contributed by atoms with Gasteiger partial charge in [0.25, 0.3) is 0 Å². The number of aromatic nitrogens is 1. The molecular formula is C14H12FN3O. The number of hydrogen-bond donors (Lipinski definition) is 1. The molecule has 0 saturated carbocycles. The van der Waals surface area contributed by atoms with Gasteiger partial charge in [-0.1, -0.05) is 0 Å². The Hall–Kier alpha value is -2.45. The Bertz CT molecular complexity index is 618. The number of ether oxygens (including phenoxy) is 1. The summed E-state index contributed by atoms with van der Waals surface area (Å²) in [4.78, 5) is 4.11. The molecule has 0 radical (unpaired) electrons. The van der Waals surface area contributed by atoms with E-state index < -0.39 is 5.82 Å². The third-order valence-electron chi connectivity index (χ3n) is 2.51. The van der Waals surface area contributed by atoms with Crippen LogP contribution in [0.5, 0.6) is 11.5 Å². The van der Waals surface area contributed by atoms with E-state index in [2.05, 4.69) is 4.98 Å². The highest BCUT2D eigenvalue weighted by atomic mass is 19.1. The normalized spacial score (nSPS) is 11.7. The SMILES string of the molecule is CC(N)c1ccc(Oc2ccc(C#N)cc2F)cn1. The second kappa shape index (κ2) is 5.46. The van der Waals surface area contributed by atoms with Crippen LogP contribution >= 0.6 is 0 Å². The van der Waals surface area contributed by atoms with Gasteiger partial charge in [-0.05, 0) is 37.3 Å². The highest BCUT2D eigenvalue weighted by molar-refractivity contribution is 5.38. The van der Waals surface area contributed by atoms with Crippen LogP contribution in [0.1, 0.15) is 24.2 Å². The molecule has 0 amide bonds. The lowest BCUT2D eigenvalue weighted by Gasteiger charge is -2.08. The Morgan fingerprint density at radius 1 is 1.37 bits per heavy atom. The number of rotatable bonds is 3. The minimum Gasteiger partial charge on any atom is -0.453 e. The quantitative estimate of drug-likeness (QED) is 0.917. The van der Waals surface area contributed by atoms with Gasteiger partial charge in [-0.3, -0.25) is 4.98 Å². The average molecular weight is 257 g/mol. The van der Waals surface area contributed by atoms with E-state index in [4.69, 9.17) is 15.7 Å². The molecule has 0 fully saturated rings. The summed E-state index contributed by atoms with van der Waals surface area (Å²) in [6.07, 6.45) is 1.48. The Balaban J connectivity index is 2.19. The molecule has 0 spiro atoms. The molecule has 1 aromatic heterocycles. The van der Waals surface area contributed by atoms with Crippen LogP contribution in [0, 0.1) is 17.1 Å². The van der Waals surface area contributed by atoms with E-state index >= 15 is 0 Å². The summed E-state index contributed by atoms with van der Waals surface area (Å²) < 4.78 is 19.0. The number of nitrogens with zero attached hydrogens (tertiary/aromatic N) is 2. The van der Waals surface area contributed by atoms with Gasteiger partial charge in [-0.2, -0.15) is 5.26 Å². The standard InChI is InChI=1S/C14H12FN3O/c1-9(17)13-4-3-11(8-18-13)19-14-5-2-10(7-16)6-12(14)15/h2-6,8-9H,17H2,1H3. The van der Waals surface area contributed by atoms with Crippen molar-refractivity contribution in [2.24, 2.45) is 5.73 Å². The first-order valence-electron chi connectivity index (χ1n) is 5.69. The number of pyridine rings is 1. The molecule has 1 aromatic carbocycles. The van der Waals surface area contributed by atoms with Crippen LogP contribution in [-0.4, -0.2) is 4.98 Å². The Labute approximate surface area is 110 Å². The van der Waals surface area contributed by atoms with Crippen molar-refractivity contribution in [1.29, 1.82) is 5.26 Å². The van der Waals surface area contributed by atoms with Crippen LogP contribution in [0.25, 0.3) is 0 Å². The third-order valence-corrected chi connectivity index (χ3v) is 2.51. The number of hydrogen-bond acceptors (Lipinski definition) is 4. The summed E-state index contributed by atoms with van der Waals surface area (Å²) in [5.41, 5.74) is 6.65. The van der Waals surface area contributed by atoms with E-state index in [9.17, 15) is 4.39 Å². The Morgan fingerprint density at radius 2 is 2.16 bits per heavy atom. The Kier molecular flexibility index (Phi) is 3.74. The first-order chi connectivity index (χ1) is 9.10. The van der Waals surface area contributed by atoms with E-state index in [0.29, 0.717) is 5.75 Å². The summed E-state index contributed by atoms with van der Waals surface area (Å²) in [6, 6.07) is 9.11. The third kappa shape index (κ3) is 3.06. The molecule has 2 aromatic rings. The van der Waals surface area contributed by atoms with Crippen LogP contribution in [0.3, 0.4) is 0 Å². The van der Waals surface area contributed by atoms with Crippen LogP contribution in [0.4, 0.5) is 4.39 Å². The van der Waals surface area contributed by atoms with Crippen LogP contribution in [0.15, 0.2) is 36.5 Å². The number of halogens is 1. The van der Waals surface area contributed by atoms with E-state index in [1.54, 1.807) is 12.1 Å². The van der Waals surface area contributed by atoms with Gasteiger partial charge in [0.2, 0.25) is 0 Å². The summed E-state index contributed by atoms with van der Waals surface area (Å²) in [5, 5.41) is 8.65. The monoisotopic (exact) mass is 257 g/mol. The van der Waals surface area contributed by atoms with Gasteiger partial charge in [-0.15, -0.1) is 0 Å². The van der Waals surface area contributed by atoms with Crippen molar-refractivity contribution in [3.63, 3.8) is 0 Å². The maximum absolute atomic E-state index is 13.6. The van der Waals surface area contributed by atoms with Gasteiger partial charge < -0.3 is 10.5 Å². The molecule has 0 aliphatic rings. The van der Waals surface area contributed by atoms with Crippen molar-refractivity contribution in [3.8, 4) is 17.6 Å². The molecule has 0 bridgehead atoms. The molecule has 96 valence electrons. The maximum Gasteiger partial charge on any atom is 0.167 e. The molecule has 5 heteroatoms. The summed E-state index contributed by atoms with van der Waals surface area (Å²) in [6.45, 7) is 1.82. The minimum atomic E-state index is -0.588. The Morgan fingerprint density at radius 3 is 2.68 bits per heavy atom. The van der Waals surface area contributed by atoms with Crippen molar-refractivity contribution in [1.82, 2.24) is 4.98 Å². The highest BCUT2D eigenvalue weighted by Gasteiger charge is 2.07. The number of benzene rings is 1. The fourth-order valence-corrected chi connectivity index (χ4v) is 1.50. The predicted octanol–water partition coefficient (Wildman–Crippen LogP) is 2.90. The number of nitrogens with two attached hydrogens (primary N) is 1. The molecular weight excluding hydrogens is 245 g/mol. The van der Waals surface area contributed by atoms with Gasteiger partial charge in [0, 0.05) is 6.04 Å². The first-order valence-corrected chi connectivity index (χ1v) is 5.69. The zero-order chi connectivity index (χ0) is 13.8. The lowest BCUT2D eigenvalue weighted by Crippen LogP contribution is -2.06. The smallest absolute Gasteiger partial charge is 0.167 e. The summed E-state index contributed by atoms with van der Waals surface area (Å²) >= 11 is 0. The van der Waals surface area contributed by atoms with E-state index in [-0.39, 0.29) is 17.4 Å². The molecule has 2 N–H and O–H groups in total. The number of nitriles is 1. The van der Waals surface area contributed by atoms with E-state index in [0.717, 1.165) is 11.8 Å². The molecule has 2 rings (SSSR count). The molecule has 19 heavy (non-hydrogen) atoms. The van der Waals surface area contributed by atoms with Crippen molar-refractivity contribution in [3.05, 3.63) is 53.6 Å². The van der Waals surface area contributed by atoms with Gasteiger partial charge in [0.05, 0.1) is 23.5 Å². The van der Waals surface area contributed by atoms with Gasteiger partial charge >= 0.3 is 0 Å².